The van der Waals surface area contributed by atoms with Crippen molar-refractivity contribution in [3.05, 3.63) is 109 Å². The maximum Gasteiger partial charge on any atom is 0.118 e. The van der Waals surface area contributed by atoms with Gasteiger partial charge in [0.25, 0.3) is 0 Å². The molecule has 3 heteroatoms. The third-order valence-electron chi connectivity index (χ3n) is 5.45. The molecule has 0 spiro atoms. The highest BCUT2D eigenvalue weighted by Gasteiger charge is 2.24. The van der Waals surface area contributed by atoms with E-state index in [1.165, 1.54) is 15.9 Å². The molecule has 148 valence electrons. The zero-order valence-electron chi connectivity index (χ0n) is 17.8. The number of hydrogen-bond acceptors (Lipinski definition) is 0. The van der Waals surface area contributed by atoms with Crippen molar-refractivity contribution in [3.63, 3.8) is 0 Å². The van der Waals surface area contributed by atoms with Crippen molar-refractivity contribution in [2.45, 2.75) is 19.6 Å². The van der Waals surface area contributed by atoms with Crippen LogP contribution in [0.5, 0.6) is 0 Å². The maximum atomic E-state index is 2.48. The topological polar surface area (TPSA) is 0 Å². The fourth-order valence-corrected chi connectivity index (χ4v) is 11.4. The van der Waals surface area contributed by atoms with Crippen LogP contribution in [0.2, 0.25) is 19.6 Å². The largest absolute Gasteiger partial charge is 0.118 e. The third kappa shape index (κ3) is 4.42. The van der Waals surface area contributed by atoms with Crippen LogP contribution in [0, 0.1) is 0 Å². The van der Waals surface area contributed by atoms with Gasteiger partial charge in [-0.15, -0.1) is 0 Å². The Kier molecular flexibility index (Phi) is 6.79. The van der Waals surface area contributed by atoms with Crippen molar-refractivity contribution in [3.8, 4) is 0 Å². The Bertz CT molecular complexity index is 1050. The first kappa shape index (κ1) is 21.0. The van der Waals surface area contributed by atoms with Crippen LogP contribution < -0.4 is 31.5 Å². The first-order valence-corrected chi connectivity index (χ1v) is 16.2. The van der Waals surface area contributed by atoms with E-state index in [0.717, 1.165) is 0 Å². The van der Waals surface area contributed by atoms with Crippen LogP contribution in [0.4, 0.5) is 0 Å². The molecule has 30 heavy (non-hydrogen) atoms. The summed E-state index contributed by atoms with van der Waals surface area (Å²) in [5.74, 6) is 0. The Labute approximate surface area is 185 Å². The lowest BCUT2D eigenvalue weighted by Crippen LogP contribution is -2.54. The zero-order chi connectivity index (χ0) is 20.9. The highest BCUT2D eigenvalue weighted by atomic mass is 31.1. The van der Waals surface area contributed by atoms with Crippen LogP contribution in [0.25, 0.3) is 0 Å². The molecule has 0 aliphatic carbocycles. The molecule has 0 aliphatic rings. The molecule has 0 bridgehead atoms. The molecule has 4 aromatic carbocycles. The van der Waals surface area contributed by atoms with Crippen LogP contribution in [0.3, 0.4) is 0 Å². The van der Waals surface area contributed by atoms with Gasteiger partial charge in [-0.3, -0.25) is 0 Å². The molecule has 0 fully saturated rings. The van der Waals surface area contributed by atoms with Crippen molar-refractivity contribution in [2.24, 2.45) is 0 Å². The van der Waals surface area contributed by atoms with Gasteiger partial charge in [0.05, 0.1) is 8.80 Å². The molecule has 0 unspecified atom stereocenters. The predicted octanol–water partition coefficient (Wildman–Crippen LogP) is 3.65. The first-order chi connectivity index (χ1) is 14.7. The van der Waals surface area contributed by atoms with E-state index in [0.29, 0.717) is 0 Å². The van der Waals surface area contributed by atoms with Gasteiger partial charge in [0, 0.05) is 0 Å². The lowest BCUT2D eigenvalue weighted by molar-refractivity contribution is 1.74. The number of benzene rings is 4. The van der Waals surface area contributed by atoms with E-state index in [-0.39, 0.29) is 0 Å². The maximum absolute atomic E-state index is 2.48. The summed E-state index contributed by atoms with van der Waals surface area (Å²) in [6.07, 6.45) is 0. The Hall–Kier alpha value is -2.26. The van der Waals surface area contributed by atoms with E-state index < -0.39 is 25.5 Å². The Morgan fingerprint density at radius 3 is 1.43 bits per heavy atom. The van der Waals surface area contributed by atoms with Crippen LogP contribution in [-0.4, -0.2) is 17.6 Å². The highest BCUT2D eigenvalue weighted by Crippen LogP contribution is 2.31. The van der Waals surface area contributed by atoms with Gasteiger partial charge in [-0.25, -0.2) is 0 Å². The van der Waals surface area contributed by atoms with Crippen LogP contribution in [-0.2, 0) is 0 Å². The first-order valence-electron chi connectivity index (χ1n) is 10.4. The Morgan fingerprint density at radius 2 is 0.900 bits per heavy atom. The van der Waals surface area contributed by atoms with E-state index in [1.54, 1.807) is 15.6 Å². The van der Waals surface area contributed by atoms with Crippen molar-refractivity contribution >= 4 is 57.0 Å². The fraction of sp³-hybridized carbons (Fsp3) is 0.111. The summed E-state index contributed by atoms with van der Waals surface area (Å²) >= 11 is 0. The quantitative estimate of drug-likeness (QED) is 0.318. The molecule has 0 saturated heterocycles. The molecule has 2 radical (unpaired) electrons. The second-order valence-electron chi connectivity index (χ2n) is 7.69. The van der Waals surface area contributed by atoms with Crippen molar-refractivity contribution in [1.29, 1.82) is 0 Å². The van der Waals surface area contributed by atoms with Gasteiger partial charge in [-0.2, -0.15) is 0 Å². The molecule has 4 aromatic rings. The zero-order valence-corrected chi connectivity index (χ0v) is 20.7. The van der Waals surface area contributed by atoms with E-state index >= 15 is 0 Å². The molecule has 0 atom stereocenters. The van der Waals surface area contributed by atoms with Gasteiger partial charge in [-0.05, 0) is 29.0 Å². The minimum absolute atomic E-state index is 0.499. The minimum atomic E-state index is -0.866. The molecule has 0 aliphatic heterocycles. The summed E-state index contributed by atoms with van der Waals surface area (Å²) < 4.78 is 0. The summed E-state index contributed by atoms with van der Waals surface area (Å²) in [6, 6.07) is 40.5. The van der Waals surface area contributed by atoms with Crippen molar-refractivity contribution in [1.82, 2.24) is 0 Å². The average molecular weight is 439 g/mol. The summed E-state index contributed by atoms with van der Waals surface area (Å²) in [5, 5.41) is 9.09. The van der Waals surface area contributed by atoms with E-state index in [2.05, 4.69) is 129 Å². The van der Waals surface area contributed by atoms with Gasteiger partial charge in [-0.1, -0.05) is 139 Å². The van der Waals surface area contributed by atoms with E-state index in [1.807, 2.05) is 0 Å². The van der Waals surface area contributed by atoms with Crippen molar-refractivity contribution in [2.75, 3.05) is 0 Å². The molecule has 0 nitrogen and oxygen atoms in total. The second kappa shape index (κ2) is 9.70. The minimum Gasteiger partial charge on any atom is -0.0671 e. The van der Waals surface area contributed by atoms with Crippen LogP contribution >= 0.6 is 7.92 Å². The lowest BCUT2D eigenvalue weighted by Gasteiger charge is -2.25. The lowest BCUT2D eigenvalue weighted by atomic mass is 10.3. The number of hydrogen-bond donors (Lipinski definition) is 0. The molecule has 0 aromatic heterocycles. The SMILES string of the molecule is C[Si](C)c1ccccc1[Si](C)c1ccccc1P(c1ccccc1)c1ccccc1. The second-order valence-corrected chi connectivity index (χ2v) is 14.7. The monoisotopic (exact) mass is 438 g/mol. The molecule has 0 N–H and O–H groups in total. The molecule has 0 heterocycles. The van der Waals surface area contributed by atoms with Crippen molar-refractivity contribution < 1.29 is 0 Å². The van der Waals surface area contributed by atoms with Gasteiger partial charge in [0.1, 0.15) is 8.80 Å². The molecule has 0 saturated carbocycles. The van der Waals surface area contributed by atoms with Crippen LogP contribution in [0.15, 0.2) is 109 Å². The summed E-state index contributed by atoms with van der Waals surface area (Å²) in [4.78, 5) is 0. The smallest absolute Gasteiger partial charge is 0.0671 e. The Balaban J connectivity index is 1.88. The summed E-state index contributed by atoms with van der Waals surface area (Å²) in [7, 11) is -1.95. The summed E-state index contributed by atoms with van der Waals surface area (Å²) in [6.45, 7) is 7.30. The van der Waals surface area contributed by atoms with Gasteiger partial charge in [0.2, 0.25) is 0 Å². The van der Waals surface area contributed by atoms with Crippen LogP contribution in [0.1, 0.15) is 0 Å². The summed E-state index contributed by atoms with van der Waals surface area (Å²) in [5.41, 5.74) is 0. The predicted molar refractivity (Wildman–Crippen MR) is 140 cm³/mol. The normalized spacial score (nSPS) is 11.4. The van der Waals surface area contributed by atoms with E-state index in [4.69, 9.17) is 0 Å². The average Bonchev–Trinajstić information content (AvgIpc) is 2.80. The molecule has 4 rings (SSSR count). The van der Waals surface area contributed by atoms with Gasteiger partial charge < -0.3 is 0 Å². The van der Waals surface area contributed by atoms with E-state index in [9.17, 15) is 0 Å². The van der Waals surface area contributed by atoms with Gasteiger partial charge in [0.15, 0.2) is 0 Å². The third-order valence-corrected chi connectivity index (χ3v) is 12.4. The molecular weight excluding hydrogens is 411 g/mol. The molecule has 0 amide bonds. The Morgan fingerprint density at radius 1 is 0.467 bits per heavy atom. The highest BCUT2D eigenvalue weighted by molar-refractivity contribution is 7.80. The van der Waals surface area contributed by atoms with Gasteiger partial charge >= 0.3 is 0 Å². The molecular formula is C27H27PSi2. The number of rotatable bonds is 6. The fourth-order valence-electron chi connectivity index (χ4n) is 3.96. The standard InChI is InChI=1S/C27H27PSi2/c1-29(2)26-20-12-13-21-27(26)30(3)25-19-11-10-18-24(25)28(22-14-6-4-7-15-22)23-16-8-5-9-17-23/h4-21H,1-3H3.